The summed E-state index contributed by atoms with van der Waals surface area (Å²) in [5.74, 6) is -3.25. The van der Waals surface area contributed by atoms with Gasteiger partial charge < -0.3 is 15.2 Å². The average Bonchev–Trinajstić information content (AvgIpc) is 3.20. The topological polar surface area (TPSA) is 92.7 Å². The van der Waals surface area contributed by atoms with Crippen LogP contribution in [0.1, 0.15) is 16.8 Å². The van der Waals surface area contributed by atoms with Gasteiger partial charge in [0, 0.05) is 0 Å². The molecule has 0 unspecified atom stereocenters. The second kappa shape index (κ2) is 5.57. The van der Waals surface area contributed by atoms with E-state index in [-0.39, 0.29) is 23.3 Å². The smallest absolute Gasteiger partial charge is 0.340 e. The number of esters is 1. The number of anilines is 1. The second-order valence-corrected chi connectivity index (χ2v) is 6.40. The van der Waals surface area contributed by atoms with Crippen LogP contribution in [0, 0.1) is 23.7 Å². The molecular weight excluding hydrogens is 306 g/mol. The number of thiophene rings is 1. The molecule has 1 heterocycles. The van der Waals surface area contributed by atoms with E-state index in [9.17, 15) is 19.5 Å². The number of amides is 1. The largest absolute Gasteiger partial charge is 0.481 e. The first-order valence-corrected chi connectivity index (χ1v) is 7.78. The molecule has 1 saturated carbocycles. The van der Waals surface area contributed by atoms with Gasteiger partial charge >= 0.3 is 11.9 Å². The lowest BCUT2D eigenvalue weighted by Gasteiger charge is -2.23. The van der Waals surface area contributed by atoms with Gasteiger partial charge in [-0.25, -0.2) is 4.79 Å². The molecule has 6 nitrogen and oxygen atoms in total. The molecule has 116 valence electrons. The molecule has 0 saturated heterocycles. The lowest BCUT2D eigenvalue weighted by Crippen LogP contribution is -2.36. The van der Waals surface area contributed by atoms with Crippen LogP contribution >= 0.6 is 11.3 Å². The van der Waals surface area contributed by atoms with E-state index in [2.05, 4.69) is 10.1 Å². The molecule has 2 N–H and O–H groups in total. The second-order valence-electron chi connectivity index (χ2n) is 5.48. The zero-order chi connectivity index (χ0) is 15.9. The van der Waals surface area contributed by atoms with Gasteiger partial charge in [0.2, 0.25) is 5.91 Å². The molecule has 4 atom stereocenters. The number of hydrogen-bond donors (Lipinski definition) is 2. The normalized spacial score (nSPS) is 28.6. The van der Waals surface area contributed by atoms with Crippen molar-refractivity contribution in [3.8, 4) is 0 Å². The number of carboxylic acids is 1. The van der Waals surface area contributed by atoms with Crippen molar-refractivity contribution in [1.29, 1.82) is 0 Å². The number of carbonyl (C=O) groups is 3. The third-order valence-electron chi connectivity index (χ3n) is 4.35. The van der Waals surface area contributed by atoms with Gasteiger partial charge in [0.15, 0.2) is 0 Å². The van der Waals surface area contributed by atoms with Gasteiger partial charge in [-0.1, -0.05) is 12.2 Å². The third-order valence-corrected chi connectivity index (χ3v) is 5.18. The summed E-state index contributed by atoms with van der Waals surface area (Å²) in [5.41, 5.74) is 0.284. The van der Waals surface area contributed by atoms with Gasteiger partial charge in [0.05, 0.1) is 24.5 Å². The Morgan fingerprint density at radius 1 is 1.27 bits per heavy atom. The Balaban J connectivity index is 1.80. The number of methoxy groups -OCH3 is 1. The highest BCUT2D eigenvalue weighted by atomic mass is 32.1. The number of ether oxygens (including phenoxy) is 1. The Labute approximate surface area is 130 Å². The number of rotatable bonds is 4. The van der Waals surface area contributed by atoms with Crippen LogP contribution in [-0.4, -0.2) is 30.1 Å². The first kappa shape index (κ1) is 14.8. The lowest BCUT2D eigenvalue weighted by molar-refractivity contribution is -0.146. The van der Waals surface area contributed by atoms with Crippen LogP contribution < -0.4 is 5.32 Å². The predicted molar refractivity (Wildman–Crippen MR) is 79.6 cm³/mol. The fourth-order valence-electron chi connectivity index (χ4n) is 3.39. The Kier molecular flexibility index (Phi) is 3.74. The maximum absolute atomic E-state index is 12.5. The molecule has 2 aliphatic rings. The maximum Gasteiger partial charge on any atom is 0.340 e. The van der Waals surface area contributed by atoms with E-state index < -0.39 is 23.8 Å². The monoisotopic (exact) mass is 321 g/mol. The summed E-state index contributed by atoms with van der Waals surface area (Å²) in [6.45, 7) is 0. The predicted octanol–water partition coefficient (Wildman–Crippen LogP) is 2.00. The number of hydrogen-bond acceptors (Lipinski definition) is 5. The van der Waals surface area contributed by atoms with Gasteiger partial charge in [-0.15, -0.1) is 11.3 Å². The van der Waals surface area contributed by atoms with Gasteiger partial charge in [-0.3, -0.25) is 9.59 Å². The molecule has 1 aromatic rings. The SMILES string of the molecule is COC(=O)c1ccsc1NC(=O)[C@H]1[C@H](C(=O)O)[C@H]2C=C[C@H]1C2. The zero-order valence-corrected chi connectivity index (χ0v) is 12.6. The number of carbonyl (C=O) groups excluding carboxylic acids is 2. The van der Waals surface area contributed by atoms with Crippen LogP contribution in [0.2, 0.25) is 0 Å². The van der Waals surface area contributed by atoms with E-state index in [1.54, 1.807) is 11.4 Å². The molecule has 0 aromatic carbocycles. The summed E-state index contributed by atoms with van der Waals surface area (Å²) in [7, 11) is 1.27. The molecule has 3 rings (SSSR count). The molecule has 22 heavy (non-hydrogen) atoms. The molecule has 0 spiro atoms. The fourth-order valence-corrected chi connectivity index (χ4v) is 4.17. The summed E-state index contributed by atoms with van der Waals surface area (Å²) < 4.78 is 4.66. The van der Waals surface area contributed by atoms with Crippen LogP contribution in [0.3, 0.4) is 0 Å². The Morgan fingerprint density at radius 3 is 2.59 bits per heavy atom. The number of nitrogens with one attached hydrogen (secondary N) is 1. The number of aliphatic carboxylic acids is 1. The van der Waals surface area contributed by atoms with E-state index >= 15 is 0 Å². The molecule has 7 heteroatoms. The van der Waals surface area contributed by atoms with Crippen molar-refractivity contribution in [1.82, 2.24) is 0 Å². The zero-order valence-electron chi connectivity index (χ0n) is 11.8. The molecular formula is C15H15NO5S. The van der Waals surface area contributed by atoms with Crippen molar-refractivity contribution in [2.45, 2.75) is 6.42 Å². The van der Waals surface area contributed by atoms with Crippen molar-refractivity contribution in [2.75, 3.05) is 12.4 Å². The van der Waals surface area contributed by atoms with Crippen molar-refractivity contribution in [3.63, 3.8) is 0 Å². The minimum atomic E-state index is -0.948. The van der Waals surface area contributed by atoms with Crippen LogP contribution in [0.25, 0.3) is 0 Å². The molecule has 1 amide bonds. The first-order valence-electron chi connectivity index (χ1n) is 6.90. The Bertz CT molecular complexity index is 665. The molecule has 1 aromatic heterocycles. The first-order chi connectivity index (χ1) is 10.5. The van der Waals surface area contributed by atoms with Crippen molar-refractivity contribution >= 4 is 34.2 Å². The third kappa shape index (κ3) is 2.31. The lowest BCUT2D eigenvalue weighted by atomic mass is 9.82. The fraction of sp³-hybridized carbons (Fsp3) is 0.400. The van der Waals surface area contributed by atoms with Gasteiger partial charge in [0.1, 0.15) is 5.00 Å². The number of carboxylic acid groups (broad SMARTS) is 1. The van der Waals surface area contributed by atoms with E-state index in [1.807, 2.05) is 12.2 Å². The van der Waals surface area contributed by atoms with Crippen LogP contribution in [0.15, 0.2) is 23.6 Å². The van der Waals surface area contributed by atoms with E-state index in [4.69, 9.17) is 0 Å². The summed E-state index contributed by atoms with van der Waals surface area (Å²) >= 11 is 1.21. The molecule has 0 radical (unpaired) electrons. The Morgan fingerprint density at radius 2 is 1.95 bits per heavy atom. The molecule has 0 aliphatic heterocycles. The van der Waals surface area contributed by atoms with Crippen LogP contribution in [0.4, 0.5) is 5.00 Å². The number of fused-ring (bicyclic) bond motifs is 2. The van der Waals surface area contributed by atoms with Crippen molar-refractivity contribution < 1.29 is 24.2 Å². The number of allylic oxidation sites excluding steroid dienone is 2. The summed E-state index contributed by atoms with van der Waals surface area (Å²) in [4.78, 5) is 35.6. The molecule has 2 bridgehead atoms. The van der Waals surface area contributed by atoms with Gasteiger partial charge in [-0.2, -0.15) is 0 Å². The highest BCUT2D eigenvalue weighted by molar-refractivity contribution is 7.14. The van der Waals surface area contributed by atoms with Crippen molar-refractivity contribution in [2.24, 2.45) is 23.7 Å². The van der Waals surface area contributed by atoms with E-state index in [1.165, 1.54) is 18.4 Å². The van der Waals surface area contributed by atoms with Crippen LogP contribution in [-0.2, 0) is 14.3 Å². The van der Waals surface area contributed by atoms with Crippen molar-refractivity contribution in [3.05, 3.63) is 29.2 Å². The van der Waals surface area contributed by atoms with E-state index in [0.29, 0.717) is 11.4 Å². The maximum atomic E-state index is 12.5. The highest BCUT2D eigenvalue weighted by Gasteiger charge is 2.51. The summed E-state index contributed by atoms with van der Waals surface area (Å²) in [6.07, 6.45) is 4.51. The Hall–Kier alpha value is -2.15. The quantitative estimate of drug-likeness (QED) is 0.653. The average molecular weight is 321 g/mol. The standard InChI is InChI=1S/C15H15NO5S/c1-21-15(20)9-4-5-22-13(9)16-12(17)10-7-2-3-8(6-7)11(10)14(18)19/h2-5,7-8,10-11H,6H2,1H3,(H,16,17)(H,18,19)/t7-,8-,10+,11+/m0/s1. The molecule has 2 aliphatic carbocycles. The minimum absolute atomic E-state index is 0.0485. The van der Waals surface area contributed by atoms with Gasteiger partial charge in [0.25, 0.3) is 0 Å². The minimum Gasteiger partial charge on any atom is -0.481 e. The van der Waals surface area contributed by atoms with Gasteiger partial charge in [-0.05, 0) is 29.7 Å². The summed E-state index contributed by atoms with van der Waals surface area (Å²) in [6, 6.07) is 1.57. The summed E-state index contributed by atoms with van der Waals surface area (Å²) in [5, 5.41) is 14.1. The molecule has 1 fully saturated rings. The highest BCUT2D eigenvalue weighted by Crippen LogP contribution is 2.48. The van der Waals surface area contributed by atoms with E-state index in [0.717, 1.165) is 0 Å². The van der Waals surface area contributed by atoms with Crippen LogP contribution in [0.5, 0.6) is 0 Å².